The summed E-state index contributed by atoms with van der Waals surface area (Å²) >= 11 is 2.94. The molecule has 0 N–H and O–H groups in total. The van der Waals surface area contributed by atoms with Crippen molar-refractivity contribution in [1.29, 1.82) is 0 Å². The monoisotopic (exact) mass is 288 g/mol. The van der Waals surface area contributed by atoms with E-state index in [9.17, 15) is 4.79 Å². The van der Waals surface area contributed by atoms with Gasteiger partial charge in [-0.15, -0.1) is 16.9 Å². The maximum atomic E-state index is 11.0. The molecule has 1 atom stereocenters. The van der Waals surface area contributed by atoms with Crippen LogP contribution in [0.1, 0.15) is 36.7 Å². The molecule has 0 saturated carbocycles. The van der Waals surface area contributed by atoms with Gasteiger partial charge in [-0.1, -0.05) is 4.49 Å². The number of hydrogen-bond acceptors (Lipinski definition) is 7. The number of aromatic nitrogens is 2. The summed E-state index contributed by atoms with van der Waals surface area (Å²) in [6, 6.07) is 0. The molecule has 0 bridgehead atoms. The van der Waals surface area contributed by atoms with Gasteiger partial charge in [0, 0.05) is 12.4 Å². The van der Waals surface area contributed by atoms with Crippen LogP contribution < -0.4 is 0 Å². The van der Waals surface area contributed by atoms with E-state index in [1.54, 1.807) is 11.8 Å². The van der Waals surface area contributed by atoms with Crippen molar-refractivity contribution in [2.75, 3.05) is 19.5 Å². The number of rotatable bonds is 5. The van der Waals surface area contributed by atoms with Crippen molar-refractivity contribution in [2.24, 2.45) is 0 Å². The normalized spacial score (nSPS) is 19.7. The summed E-state index contributed by atoms with van der Waals surface area (Å²) < 4.78 is 14.3. The standard InChI is InChI=1S/C11H16N2O3S2/c1-15-9(14)5-7-17-11-10(18-13-12-11)8-4-2-3-6-16-8/h8H,2-7H2,1H3. The molecule has 0 spiro atoms. The van der Waals surface area contributed by atoms with Crippen LogP contribution in [0, 0.1) is 0 Å². The minimum Gasteiger partial charge on any atom is -0.469 e. The number of nitrogens with zero attached hydrogens (tertiary/aromatic N) is 2. The average Bonchev–Trinajstić information content (AvgIpc) is 2.88. The van der Waals surface area contributed by atoms with Gasteiger partial charge < -0.3 is 9.47 Å². The number of esters is 1. The predicted octanol–water partition coefficient (Wildman–Crippen LogP) is 2.43. The molecule has 1 aromatic rings. The summed E-state index contributed by atoms with van der Waals surface area (Å²) in [5.74, 6) is 0.471. The maximum absolute atomic E-state index is 11.0. The summed E-state index contributed by atoms with van der Waals surface area (Å²) in [6.07, 6.45) is 3.89. The second kappa shape index (κ2) is 7.06. The van der Waals surface area contributed by atoms with Crippen molar-refractivity contribution in [2.45, 2.75) is 36.8 Å². The highest BCUT2D eigenvalue weighted by atomic mass is 32.2. The van der Waals surface area contributed by atoms with Gasteiger partial charge in [0.05, 0.1) is 24.5 Å². The van der Waals surface area contributed by atoms with Crippen LogP contribution in [0.15, 0.2) is 5.03 Å². The third-order valence-corrected chi connectivity index (χ3v) is 4.66. The smallest absolute Gasteiger partial charge is 0.306 e. The molecule has 2 heterocycles. The van der Waals surface area contributed by atoms with Crippen LogP contribution in [0.5, 0.6) is 0 Å². The van der Waals surface area contributed by atoms with Crippen molar-refractivity contribution < 1.29 is 14.3 Å². The Morgan fingerprint density at radius 1 is 1.61 bits per heavy atom. The average molecular weight is 288 g/mol. The van der Waals surface area contributed by atoms with Gasteiger partial charge in [-0.25, -0.2) is 0 Å². The molecule has 0 amide bonds. The molecule has 1 aliphatic heterocycles. The van der Waals surface area contributed by atoms with Gasteiger partial charge in [0.15, 0.2) is 0 Å². The fourth-order valence-corrected chi connectivity index (χ4v) is 3.57. The summed E-state index contributed by atoms with van der Waals surface area (Å²) in [4.78, 5) is 12.1. The molecular weight excluding hydrogens is 272 g/mol. The number of methoxy groups -OCH3 is 1. The Kier molecular flexibility index (Phi) is 5.40. The van der Waals surface area contributed by atoms with Crippen LogP contribution in [-0.4, -0.2) is 35.0 Å². The van der Waals surface area contributed by atoms with E-state index in [0.717, 1.165) is 29.4 Å². The lowest BCUT2D eigenvalue weighted by Gasteiger charge is -2.21. The Morgan fingerprint density at radius 3 is 3.22 bits per heavy atom. The van der Waals surface area contributed by atoms with Crippen LogP contribution in [0.4, 0.5) is 0 Å². The summed E-state index contributed by atoms with van der Waals surface area (Å²) in [5.41, 5.74) is 0. The van der Waals surface area contributed by atoms with Crippen LogP contribution in [-0.2, 0) is 14.3 Å². The first-order valence-electron chi connectivity index (χ1n) is 5.94. The lowest BCUT2D eigenvalue weighted by atomic mass is 10.1. The van der Waals surface area contributed by atoms with Gasteiger partial charge >= 0.3 is 5.97 Å². The van der Waals surface area contributed by atoms with Crippen LogP contribution in [0.2, 0.25) is 0 Å². The molecule has 100 valence electrons. The molecule has 1 unspecified atom stereocenters. The minimum atomic E-state index is -0.193. The Hall–Kier alpha value is -0.660. The highest BCUT2D eigenvalue weighted by molar-refractivity contribution is 7.99. The maximum Gasteiger partial charge on any atom is 0.306 e. The van der Waals surface area contributed by atoms with E-state index in [-0.39, 0.29) is 12.1 Å². The van der Waals surface area contributed by atoms with Gasteiger partial charge in [0.1, 0.15) is 5.03 Å². The van der Waals surface area contributed by atoms with E-state index in [2.05, 4.69) is 14.3 Å². The van der Waals surface area contributed by atoms with E-state index >= 15 is 0 Å². The Morgan fingerprint density at radius 2 is 2.50 bits per heavy atom. The molecule has 1 fully saturated rings. The van der Waals surface area contributed by atoms with Crippen molar-refractivity contribution in [3.63, 3.8) is 0 Å². The van der Waals surface area contributed by atoms with Crippen LogP contribution in [0.3, 0.4) is 0 Å². The second-order valence-corrected chi connectivity index (χ2v) is 5.84. The number of hydrogen-bond donors (Lipinski definition) is 0. The molecule has 0 aliphatic carbocycles. The van der Waals surface area contributed by atoms with Crippen molar-refractivity contribution in [1.82, 2.24) is 9.59 Å². The zero-order valence-corrected chi connectivity index (χ0v) is 11.9. The van der Waals surface area contributed by atoms with Crippen molar-refractivity contribution >= 4 is 29.3 Å². The molecule has 2 rings (SSSR count). The molecule has 0 aromatic carbocycles. The van der Waals surface area contributed by atoms with E-state index in [1.807, 2.05) is 0 Å². The quantitative estimate of drug-likeness (QED) is 0.612. The first-order chi connectivity index (χ1) is 8.81. The second-order valence-electron chi connectivity index (χ2n) is 3.97. The summed E-state index contributed by atoms with van der Waals surface area (Å²) in [5, 5.41) is 5.01. The lowest BCUT2D eigenvalue weighted by Crippen LogP contribution is -2.11. The highest BCUT2D eigenvalue weighted by Gasteiger charge is 2.22. The Bertz CT molecular complexity index is 391. The Balaban J connectivity index is 1.88. The first-order valence-corrected chi connectivity index (χ1v) is 7.70. The zero-order valence-electron chi connectivity index (χ0n) is 10.3. The van der Waals surface area contributed by atoms with Gasteiger partial charge in [0.25, 0.3) is 0 Å². The molecule has 1 aliphatic rings. The summed E-state index contributed by atoms with van der Waals surface area (Å²) in [6.45, 7) is 0.814. The van der Waals surface area contributed by atoms with Gasteiger partial charge in [-0.05, 0) is 30.8 Å². The zero-order chi connectivity index (χ0) is 12.8. The number of thioether (sulfide) groups is 1. The lowest BCUT2D eigenvalue weighted by molar-refractivity contribution is -0.140. The van der Waals surface area contributed by atoms with Gasteiger partial charge in [-0.2, -0.15) is 0 Å². The molecule has 1 aromatic heterocycles. The SMILES string of the molecule is COC(=O)CCSc1nnsc1C1CCCCO1. The van der Waals surface area contributed by atoms with E-state index in [0.29, 0.717) is 12.2 Å². The van der Waals surface area contributed by atoms with Gasteiger partial charge in [0.2, 0.25) is 0 Å². The fraction of sp³-hybridized carbons (Fsp3) is 0.727. The Labute approximate surface area is 114 Å². The number of carbonyl (C=O) groups excluding carboxylic acids is 1. The third-order valence-electron chi connectivity index (χ3n) is 2.73. The first kappa shape index (κ1) is 13.8. The summed E-state index contributed by atoms with van der Waals surface area (Å²) in [7, 11) is 1.40. The van der Waals surface area contributed by atoms with E-state index in [4.69, 9.17) is 4.74 Å². The topological polar surface area (TPSA) is 61.3 Å². The minimum absolute atomic E-state index is 0.138. The highest BCUT2D eigenvalue weighted by Crippen LogP contribution is 2.35. The molecule has 5 nitrogen and oxygen atoms in total. The molecular formula is C11H16N2O3S2. The van der Waals surface area contributed by atoms with E-state index in [1.165, 1.54) is 25.1 Å². The molecule has 0 radical (unpaired) electrons. The predicted molar refractivity (Wildman–Crippen MR) is 69.8 cm³/mol. The molecule has 1 saturated heterocycles. The largest absolute Gasteiger partial charge is 0.469 e. The fourth-order valence-electron chi connectivity index (χ4n) is 1.77. The van der Waals surface area contributed by atoms with E-state index < -0.39 is 0 Å². The number of carbonyl (C=O) groups is 1. The van der Waals surface area contributed by atoms with Crippen LogP contribution in [0.25, 0.3) is 0 Å². The van der Waals surface area contributed by atoms with Gasteiger partial charge in [-0.3, -0.25) is 4.79 Å². The van der Waals surface area contributed by atoms with Crippen LogP contribution >= 0.6 is 23.3 Å². The molecule has 7 heteroatoms. The van der Waals surface area contributed by atoms with Crippen molar-refractivity contribution in [3.05, 3.63) is 4.88 Å². The third kappa shape index (κ3) is 3.66. The van der Waals surface area contributed by atoms with Crippen molar-refractivity contribution in [3.8, 4) is 0 Å². The molecule has 18 heavy (non-hydrogen) atoms. The number of ether oxygens (including phenoxy) is 2.